The molecule has 18 atom stereocenters. The zero-order valence-electron chi connectivity index (χ0n) is 58.8. The Morgan fingerprint density at radius 1 is 0.505 bits per heavy atom. The molecule has 23 heteroatoms. The molecule has 0 aromatic heterocycles. The van der Waals surface area contributed by atoms with E-state index in [4.69, 9.17) is 28.4 Å². The number of unbranched alkanes of at least 4 members (excludes halogenated alkanes) is 39. The average molecular weight is 1370 g/mol. The second kappa shape index (κ2) is 52.7. The van der Waals surface area contributed by atoms with Crippen LogP contribution in [0, 0.1) is 0 Å². The van der Waals surface area contributed by atoms with Gasteiger partial charge in [-0.05, 0) is 12.8 Å². The molecule has 3 heterocycles. The Hall–Kier alpha value is -2.27. The molecule has 3 aliphatic rings. The van der Waals surface area contributed by atoms with Crippen LogP contribution in [0.1, 0.15) is 303 Å². The molecule has 0 aromatic rings. The van der Waals surface area contributed by atoms with Crippen LogP contribution in [-0.4, -0.2) is 215 Å². The van der Waals surface area contributed by atoms with Crippen molar-refractivity contribution in [2.45, 2.75) is 413 Å². The molecule has 0 aliphatic carbocycles. The Bertz CT molecular complexity index is 1910. The third-order valence-corrected chi connectivity index (χ3v) is 19.6. The molecular weight excluding hydrogens is 1230 g/mol. The second-order valence-corrected chi connectivity index (χ2v) is 27.9. The summed E-state index contributed by atoms with van der Waals surface area (Å²) in [6.07, 6.45) is 22.3. The first kappa shape index (κ1) is 86.9. The fourth-order valence-electron chi connectivity index (χ4n) is 13.5. The number of amides is 2. The zero-order chi connectivity index (χ0) is 69.6. The van der Waals surface area contributed by atoms with Crippen molar-refractivity contribution in [2.24, 2.45) is 0 Å². The molecule has 0 radical (unpaired) electrons. The van der Waals surface area contributed by atoms with Crippen LogP contribution in [-0.2, 0) is 42.8 Å². The van der Waals surface area contributed by atoms with Gasteiger partial charge in [-0.3, -0.25) is 9.59 Å². The Kier molecular flexibility index (Phi) is 48.2. The van der Waals surface area contributed by atoms with Crippen LogP contribution in [0.25, 0.3) is 0 Å². The minimum atomic E-state index is -3.08. The van der Waals surface area contributed by atoms with Crippen LogP contribution in [0.2, 0.25) is 0 Å². The number of ether oxygens (including phenoxy) is 6. The topological polar surface area (TPSA) is 373 Å². The lowest BCUT2D eigenvalue weighted by Crippen LogP contribution is -2.70. The van der Waals surface area contributed by atoms with Gasteiger partial charge in [0.2, 0.25) is 11.8 Å². The second-order valence-electron chi connectivity index (χ2n) is 27.9. The Balaban J connectivity index is 1.55. The average Bonchev–Trinajstić information content (AvgIpc) is 0.757. The lowest BCUT2D eigenvalue weighted by Gasteiger charge is -2.50. The number of rotatable bonds is 59. The van der Waals surface area contributed by atoms with E-state index in [9.17, 15) is 75.7 Å². The van der Waals surface area contributed by atoms with Gasteiger partial charge >= 0.3 is 5.97 Å². The van der Waals surface area contributed by atoms with Crippen LogP contribution in [0.3, 0.4) is 0 Å². The minimum absolute atomic E-state index is 0.229. The molecule has 3 fully saturated rings. The summed E-state index contributed by atoms with van der Waals surface area (Å²) in [6.45, 7) is 2.25. The Morgan fingerprint density at radius 3 is 1.32 bits per heavy atom. The van der Waals surface area contributed by atoms with Gasteiger partial charge < -0.3 is 100 Å². The molecule has 2 amide bonds. The van der Waals surface area contributed by atoms with Crippen LogP contribution in [0.5, 0.6) is 0 Å². The maximum Gasteiger partial charge on any atom is 0.364 e. The van der Waals surface area contributed by atoms with Crippen LogP contribution >= 0.6 is 0 Å². The molecule has 23 nitrogen and oxygen atoms in total. The number of aliphatic hydroxyl groups excluding tert-OH is 11. The molecule has 3 saturated heterocycles. The van der Waals surface area contributed by atoms with E-state index in [1.165, 1.54) is 205 Å². The van der Waals surface area contributed by atoms with E-state index in [1.807, 2.05) is 0 Å². The van der Waals surface area contributed by atoms with Gasteiger partial charge in [-0.1, -0.05) is 271 Å². The van der Waals surface area contributed by atoms with E-state index in [1.54, 1.807) is 0 Å². The van der Waals surface area contributed by atoms with Gasteiger partial charge in [0.1, 0.15) is 67.1 Å². The smallest absolute Gasteiger partial charge is 0.364 e. The van der Waals surface area contributed by atoms with E-state index >= 15 is 0 Å². The molecule has 0 aromatic carbocycles. The zero-order valence-corrected chi connectivity index (χ0v) is 58.8. The molecule has 95 heavy (non-hydrogen) atoms. The van der Waals surface area contributed by atoms with Crippen molar-refractivity contribution >= 4 is 17.8 Å². The number of hydrogen-bond donors (Lipinski definition) is 14. The first-order chi connectivity index (χ1) is 45.9. The monoisotopic (exact) mass is 1360 g/mol. The summed E-state index contributed by atoms with van der Waals surface area (Å²) >= 11 is 0. The highest BCUT2D eigenvalue weighted by atomic mass is 16.8. The van der Waals surface area contributed by atoms with Gasteiger partial charge in [0.25, 0.3) is 5.79 Å². The molecule has 0 saturated carbocycles. The number of hydrogen-bond acceptors (Lipinski definition) is 20. The summed E-state index contributed by atoms with van der Waals surface area (Å²) in [5.41, 5.74) is 0. The van der Waals surface area contributed by atoms with Crippen molar-refractivity contribution in [3.63, 3.8) is 0 Å². The predicted octanol–water partition coefficient (Wildman–Crippen LogP) is 8.46. The molecular formula is C72H136N2O21. The summed E-state index contributed by atoms with van der Waals surface area (Å²) in [4.78, 5) is 38.6. The number of aliphatic hydroxyl groups is 11. The predicted molar refractivity (Wildman–Crippen MR) is 362 cm³/mol. The van der Waals surface area contributed by atoms with Crippen molar-refractivity contribution in [2.75, 3.05) is 26.4 Å². The lowest BCUT2D eigenvalue weighted by molar-refractivity contribution is -0.386. The first-order valence-corrected chi connectivity index (χ1v) is 37.9. The molecule has 0 spiro atoms. The van der Waals surface area contributed by atoms with Gasteiger partial charge in [-0.2, -0.15) is 0 Å². The van der Waals surface area contributed by atoms with E-state index in [-0.39, 0.29) is 18.9 Å². The number of carbonyl (C=O) groups is 3. The maximum absolute atomic E-state index is 13.5. The van der Waals surface area contributed by atoms with Gasteiger partial charge in [-0.25, -0.2) is 4.79 Å². The minimum Gasteiger partial charge on any atom is -0.477 e. The third-order valence-electron chi connectivity index (χ3n) is 19.6. The molecule has 14 N–H and O–H groups in total. The molecule has 560 valence electrons. The highest BCUT2D eigenvalue weighted by Crippen LogP contribution is 2.39. The van der Waals surface area contributed by atoms with E-state index in [0.29, 0.717) is 19.3 Å². The van der Waals surface area contributed by atoms with Gasteiger partial charge in [-0.15, -0.1) is 0 Å². The fraction of sp³-hybridized carbons (Fsp3) is 0.958. The first-order valence-electron chi connectivity index (χ1n) is 37.9. The van der Waals surface area contributed by atoms with Crippen molar-refractivity contribution in [3.05, 3.63) is 0 Å². The summed E-state index contributed by atoms with van der Waals surface area (Å²) in [7, 11) is 0. The van der Waals surface area contributed by atoms with Crippen molar-refractivity contribution < 1.29 is 104 Å². The van der Waals surface area contributed by atoms with Gasteiger partial charge in [0.05, 0.1) is 50.7 Å². The fourth-order valence-corrected chi connectivity index (χ4v) is 13.5. The normalized spacial score (nSPS) is 27.7. The SMILES string of the molecule is CCCCCCCCCCCCCCCCCCCCCCCC(O)C(COC1OC(CO)C(OC2OC(CO)C(O)C(OC3(C(=O)O)CC(O)C(NC(C)=O)C(C(O)C(O)CO)O3)C2O)C(O)C1O)NC(=O)CCCCCCCCCCCCCCCCCCCCCC. The number of aliphatic carboxylic acids is 1. The summed E-state index contributed by atoms with van der Waals surface area (Å²) in [5.74, 6) is -6.09. The van der Waals surface area contributed by atoms with Crippen molar-refractivity contribution in [3.8, 4) is 0 Å². The standard InChI is InChI=1S/C72H136N2O21/c1-4-6-8-10-12-14-16-18-20-22-24-26-27-29-31-33-35-37-39-41-43-45-54(79)53(74-59(82)46-44-42-40-38-36-34-32-30-28-25-23-21-19-17-15-13-11-9-7-5-2)51-90-69-64(86)63(85)66(58(50-77)92-69)93-70-65(87)68(62(84)57(49-76)91-70)95-72(71(88)89)47-55(80)60(73-52(3)78)67(94-72)61(83)56(81)48-75/h53-58,60-70,75-77,79-81,83-87H,4-51H2,1-3H3,(H,73,78)(H,74,82)(H,88,89). The van der Waals surface area contributed by atoms with E-state index < -0.39 is 148 Å². The summed E-state index contributed by atoms with van der Waals surface area (Å²) in [6, 6.07) is -2.52. The number of carboxylic acid groups (broad SMARTS) is 1. The number of nitrogens with one attached hydrogen (secondary N) is 2. The maximum atomic E-state index is 13.5. The highest BCUT2D eigenvalue weighted by molar-refractivity contribution is 5.77. The molecule has 3 rings (SSSR count). The summed E-state index contributed by atoms with van der Waals surface area (Å²) < 4.78 is 34.9. The Morgan fingerprint density at radius 2 is 0.916 bits per heavy atom. The van der Waals surface area contributed by atoms with Gasteiger partial charge in [0.15, 0.2) is 12.6 Å². The van der Waals surface area contributed by atoms with Crippen LogP contribution in [0.15, 0.2) is 0 Å². The van der Waals surface area contributed by atoms with Gasteiger partial charge in [0, 0.05) is 19.8 Å². The van der Waals surface area contributed by atoms with Crippen molar-refractivity contribution in [1.82, 2.24) is 10.6 Å². The number of carbonyl (C=O) groups excluding carboxylic acids is 2. The molecule has 0 bridgehead atoms. The highest BCUT2D eigenvalue weighted by Gasteiger charge is 2.60. The quantitative estimate of drug-likeness (QED) is 0.0254. The number of carboxylic acids is 1. The summed E-state index contributed by atoms with van der Waals surface area (Å²) in [5, 5.41) is 136. The van der Waals surface area contributed by atoms with E-state index in [2.05, 4.69) is 24.5 Å². The van der Waals surface area contributed by atoms with Crippen LogP contribution < -0.4 is 10.6 Å². The molecule has 3 aliphatic heterocycles. The third kappa shape index (κ3) is 34.3. The largest absolute Gasteiger partial charge is 0.477 e. The van der Waals surface area contributed by atoms with Crippen molar-refractivity contribution in [1.29, 1.82) is 0 Å². The van der Waals surface area contributed by atoms with Crippen LogP contribution in [0.4, 0.5) is 0 Å². The Labute approximate surface area is 569 Å². The lowest BCUT2D eigenvalue weighted by atomic mass is 9.88. The van der Waals surface area contributed by atoms with E-state index in [0.717, 1.165) is 51.9 Å². The molecule has 18 unspecified atom stereocenters.